The Balaban J connectivity index is 1.20. The Morgan fingerprint density at radius 2 is 1.00 bits per heavy atom. The van der Waals surface area contributed by atoms with E-state index in [1.54, 1.807) is 0 Å². The molecule has 4 heterocycles. The van der Waals surface area contributed by atoms with Gasteiger partial charge in [0.15, 0.2) is 0 Å². The Bertz CT molecular complexity index is 3550. The number of imidazole rings is 1. The van der Waals surface area contributed by atoms with Crippen LogP contribution in [0.1, 0.15) is 26.3 Å². The second-order valence-electron chi connectivity index (χ2n) is 16.0. The van der Waals surface area contributed by atoms with Gasteiger partial charge in [-0.3, -0.25) is 0 Å². The van der Waals surface area contributed by atoms with Gasteiger partial charge in [0, 0.05) is 6.20 Å². The van der Waals surface area contributed by atoms with E-state index in [1.807, 2.05) is 6.20 Å². The SMILES string of the molecule is CC(C)(C)c1ccnc(-n2c3ccccc3c3ccc(Oc4ccc5c6ccccc6c6ccccc6c6cccc7c6n([c](=[Pt])n7-c6ccccc6)c5c4)cc32)c1. The molecule has 4 aromatic heterocycles. The van der Waals surface area contributed by atoms with Crippen molar-refractivity contribution in [2.75, 3.05) is 0 Å². The first-order chi connectivity index (χ1) is 28.3. The van der Waals surface area contributed by atoms with Crippen molar-refractivity contribution in [1.82, 2.24) is 18.5 Å². The molecule has 0 bridgehead atoms. The van der Waals surface area contributed by atoms with Gasteiger partial charge in [0.1, 0.15) is 0 Å². The first-order valence-electron chi connectivity index (χ1n) is 19.6. The summed E-state index contributed by atoms with van der Waals surface area (Å²) in [7, 11) is 0. The number of aromatic nitrogens is 4. The topological polar surface area (TPSA) is 36.4 Å². The molecule has 0 aliphatic rings. The third kappa shape index (κ3) is 5.41. The van der Waals surface area contributed by atoms with Gasteiger partial charge >= 0.3 is 292 Å². The molecule has 11 aromatic rings. The molecule has 0 atom stereocenters. The molecule has 5 nitrogen and oxygen atoms in total. The van der Waals surface area contributed by atoms with E-state index in [9.17, 15) is 0 Å². The van der Waals surface area contributed by atoms with E-state index in [1.165, 1.54) is 37.9 Å². The normalized spacial score (nSPS) is 12.2. The number of hydrogen-bond acceptors (Lipinski definition) is 2. The van der Waals surface area contributed by atoms with Crippen LogP contribution >= 0.6 is 0 Å². The van der Waals surface area contributed by atoms with Crippen molar-refractivity contribution in [3.05, 3.63) is 185 Å². The molecule has 0 spiro atoms. The maximum atomic E-state index is 6.93. The van der Waals surface area contributed by atoms with E-state index >= 15 is 0 Å². The summed E-state index contributed by atoms with van der Waals surface area (Å²) in [5.41, 5.74) is 7.82. The number of hydrogen-bond donors (Lipinski definition) is 0. The second kappa shape index (κ2) is 13.3. The number of nitrogens with zero attached hydrogens (tertiary/aromatic N) is 4. The quantitative estimate of drug-likeness (QED) is 0.176. The zero-order valence-corrected chi connectivity index (χ0v) is 34.5. The summed E-state index contributed by atoms with van der Waals surface area (Å²) in [5, 5.41) is 9.42. The Kier molecular flexibility index (Phi) is 7.93. The Labute approximate surface area is 346 Å². The summed E-state index contributed by atoms with van der Waals surface area (Å²) in [4.78, 5) is 4.90. The van der Waals surface area contributed by atoms with Crippen molar-refractivity contribution < 1.29 is 24.1 Å². The zero-order valence-electron chi connectivity index (χ0n) is 32.3. The van der Waals surface area contributed by atoms with Crippen molar-refractivity contribution >= 4 is 70.7 Å². The predicted octanol–water partition coefficient (Wildman–Crippen LogP) is 13.6. The van der Waals surface area contributed by atoms with Gasteiger partial charge in [0.25, 0.3) is 0 Å². The molecule has 0 aliphatic heterocycles. The van der Waals surface area contributed by atoms with Crippen LogP contribution in [-0.4, -0.2) is 18.5 Å². The summed E-state index contributed by atoms with van der Waals surface area (Å²) >= 11 is 2.51. The van der Waals surface area contributed by atoms with Crippen LogP contribution in [0.5, 0.6) is 11.5 Å². The molecule has 0 aliphatic carbocycles. The van der Waals surface area contributed by atoms with Gasteiger partial charge in [-0.05, 0) is 17.0 Å². The Hall–Kier alpha value is -6.55. The van der Waals surface area contributed by atoms with Gasteiger partial charge in [0.2, 0.25) is 0 Å². The molecule has 0 saturated carbocycles. The maximum absolute atomic E-state index is 6.93. The van der Waals surface area contributed by atoms with Crippen LogP contribution < -0.4 is 4.74 Å². The minimum absolute atomic E-state index is 0.0125. The van der Waals surface area contributed by atoms with Gasteiger partial charge in [-0.25, -0.2) is 0 Å². The molecular formula is C52H38N4OPt. The van der Waals surface area contributed by atoms with E-state index in [0.717, 1.165) is 65.2 Å². The average molecular weight is 930 g/mol. The monoisotopic (exact) mass is 929 g/mol. The molecule has 0 N–H and O–H groups in total. The fourth-order valence-corrected chi connectivity index (χ4v) is 9.86. The van der Waals surface area contributed by atoms with Gasteiger partial charge < -0.3 is 0 Å². The molecule has 0 saturated heterocycles. The van der Waals surface area contributed by atoms with Crippen LogP contribution in [0.3, 0.4) is 0 Å². The van der Waals surface area contributed by atoms with Crippen LogP contribution in [0.25, 0.3) is 82.2 Å². The van der Waals surface area contributed by atoms with E-state index < -0.39 is 0 Å². The second-order valence-corrected chi connectivity index (χ2v) is 17.0. The number of fused-ring (bicyclic) bond motifs is 10. The predicted molar refractivity (Wildman–Crippen MR) is 236 cm³/mol. The van der Waals surface area contributed by atoms with Crippen LogP contribution in [0.15, 0.2) is 176 Å². The molecule has 58 heavy (non-hydrogen) atoms. The van der Waals surface area contributed by atoms with E-state index in [4.69, 9.17) is 9.72 Å². The molecule has 282 valence electrons. The number of rotatable bonds is 4. The van der Waals surface area contributed by atoms with Crippen LogP contribution in [0, 0.1) is 3.80 Å². The number of pyridine rings is 1. The average Bonchev–Trinajstić information content (AvgIpc) is 3.75. The molecule has 0 fully saturated rings. The molecule has 11 rings (SSSR count). The summed E-state index contributed by atoms with van der Waals surface area (Å²) in [5.74, 6) is 2.40. The molecular weight excluding hydrogens is 892 g/mol. The number of ether oxygens (including phenoxy) is 1. The summed E-state index contributed by atoms with van der Waals surface area (Å²) < 4.78 is 15.1. The van der Waals surface area contributed by atoms with E-state index in [2.05, 4.69) is 224 Å². The number of para-hydroxylation sites is 3. The van der Waals surface area contributed by atoms with Crippen molar-refractivity contribution in [3.8, 4) is 23.0 Å². The summed E-state index contributed by atoms with van der Waals surface area (Å²) in [6, 6.07) is 60.8. The standard InChI is InChI=1S/C52H38N4O.Pt/c1-52(2,3)34-28-29-53-50(30-34)56-46-22-12-11-20-42(46)44-27-25-37(32-49(44)56)57-36-24-26-43-40-18-9-7-16-38(40)39-17-8-10-19-41(39)45-21-13-23-47-51(45)55(48(43)31-36)33-54(47)35-14-5-4-6-15-35;/h4-32H,1-3H3;. The van der Waals surface area contributed by atoms with E-state index in [0.29, 0.717) is 0 Å². The van der Waals surface area contributed by atoms with Gasteiger partial charge in [-0.1, -0.05) is 32.9 Å². The molecule has 6 heteroatoms. The Morgan fingerprint density at radius 1 is 0.466 bits per heavy atom. The van der Waals surface area contributed by atoms with Crippen LogP contribution in [0.2, 0.25) is 0 Å². The fourth-order valence-electron chi connectivity index (χ4n) is 8.77. The molecule has 0 unspecified atom stereocenters. The fraction of sp³-hybridized carbons (Fsp3) is 0.0769. The Morgan fingerprint density at radius 3 is 1.69 bits per heavy atom. The zero-order chi connectivity index (χ0) is 39.1. The van der Waals surface area contributed by atoms with Gasteiger partial charge in [-0.2, -0.15) is 0 Å². The minimum atomic E-state index is -0.0125. The molecule has 0 amide bonds. The third-order valence-corrected chi connectivity index (χ3v) is 12.5. The van der Waals surface area contributed by atoms with Gasteiger partial charge in [0.05, 0.1) is 0 Å². The first kappa shape index (κ1) is 34.7. The molecule has 0 radical (unpaired) electrons. The van der Waals surface area contributed by atoms with Crippen molar-refractivity contribution in [2.45, 2.75) is 26.2 Å². The van der Waals surface area contributed by atoms with E-state index in [-0.39, 0.29) is 5.41 Å². The van der Waals surface area contributed by atoms with Crippen molar-refractivity contribution in [1.29, 1.82) is 0 Å². The summed E-state index contributed by atoms with van der Waals surface area (Å²) in [6.45, 7) is 6.72. The van der Waals surface area contributed by atoms with Crippen LogP contribution in [-0.2, 0) is 24.8 Å². The van der Waals surface area contributed by atoms with Crippen LogP contribution in [0.4, 0.5) is 0 Å². The van der Waals surface area contributed by atoms with Crippen molar-refractivity contribution in [3.63, 3.8) is 0 Å². The van der Waals surface area contributed by atoms with Crippen molar-refractivity contribution in [2.24, 2.45) is 0 Å². The first-order valence-corrected chi connectivity index (χ1v) is 20.8. The number of benzene rings is 7. The summed E-state index contributed by atoms with van der Waals surface area (Å²) in [6.07, 6.45) is 1.92. The third-order valence-electron chi connectivity index (χ3n) is 11.5. The molecule has 7 aromatic carbocycles. The van der Waals surface area contributed by atoms with Gasteiger partial charge in [-0.15, -0.1) is 0 Å².